The summed E-state index contributed by atoms with van der Waals surface area (Å²) in [6, 6.07) is 9.35. The van der Waals surface area contributed by atoms with Crippen molar-refractivity contribution in [3.05, 3.63) is 57.7 Å². The highest BCUT2D eigenvalue weighted by Gasteiger charge is 2.42. The molecule has 3 aromatic rings. The van der Waals surface area contributed by atoms with Crippen LogP contribution in [-0.4, -0.2) is 60.6 Å². The average Bonchev–Trinajstić information content (AvgIpc) is 3.30. The third-order valence-corrected chi connectivity index (χ3v) is 7.80. The summed E-state index contributed by atoms with van der Waals surface area (Å²) in [7, 11) is 2.92. The fourth-order valence-corrected chi connectivity index (χ4v) is 6.04. The van der Waals surface area contributed by atoms with Crippen molar-refractivity contribution in [1.29, 1.82) is 0 Å². The lowest BCUT2D eigenvalue weighted by Gasteiger charge is -2.44. The molecule has 194 valence electrons. The molecule has 1 unspecified atom stereocenters. The summed E-state index contributed by atoms with van der Waals surface area (Å²) in [6.45, 7) is 1.71. The number of nitrogens with zero attached hydrogens (tertiary/aromatic N) is 3. The quantitative estimate of drug-likeness (QED) is 0.346. The van der Waals surface area contributed by atoms with Gasteiger partial charge in [-0.3, -0.25) is 4.90 Å². The van der Waals surface area contributed by atoms with Gasteiger partial charge in [0.2, 0.25) is 0 Å². The Labute approximate surface area is 218 Å². The molecule has 1 aromatic heterocycles. The molecule has 2 aromatic carbocycles. The van der Waals surface area contributed by atoms with E-state index in [0.717, 1.165) is 57.9 Å². The van der Waals surface area contributed by atoms with Crippen molar-refractivity contribution in [3.8, 4) is 5.75 Å². The van der Waals surface area contributed by atoms with Gasteiger partial charge in [-0.25, -0.2) is 13.5 Å². The van der Waals surface area contributed by atoms with E-state index in [1.807, 2.05) is 40.9 Å². The largest absolute Gasteiger partial charge is 0.496 e. The first-order chi connectivity index (χ1) is 17.3. The number of benzene rings is 2. The Morgan fingerprint density at radius 3 is 2.69 bits per heavy atom. The normalized spacial score (nSPS) is 23.1. The van der Waals surface area contributed by atoms with E-state index in [0.29, 0.717) is 12.2 Å². The lowest BCUT2D eigenvalue weighted by molar-refractivity contribution is -0.0961. The monoisotopic (exact) mass is 563 g/mol. The molecule has 9 heteroatoms. The molecule has 0 saturated carbocycles. The van der Waals surface area contributed by atoms with Crippen molar-refractivity contribution < 1.29 is 23.0 Å². The smallest absolute Gasteiger partial charge is 0.283 e. The van der Waals surface area contributed by atoms with E-state index >= 15 is 0 Å². The fourth-order valence-electron chi connectivity index (χ4n) is 5.70. The highest BCUT2D eigenvalue weighted by molar-refractivity contribution is 9.10. The second kappa shape index (κ2) is 10.4. The van der Waals surface area contributed by atoms with Crippen LogP contribution in [0.1, 0.15) is 55.1 Å². The van der Waals surface area contributed by atoms with Crippen LogP contribution in [0.5, 0.6) is 5.75 Å². The predicted molar refractivity (Wildman–Crippen MR) is 138 cm³/mol. The topological polar surface area (TPSA) is 48.8 Å². The summed E-state index contributed by atoms with van der Waals surface area (Å²) in [5, 5.41) is 5.76. The van der Waals surface area contributed by atoms with Gasteiger partial charge in [-0.2, -0.15) is 5.10 Å². The first kappa shape index (κ1) is 25.6. The Morgan fingerprint density at radius 2 is 1.97 bits per heavy atom. The number of aromatic nitrogens is 2. The van der Waals surface area contributed by atoms with Gasteiger partial charge in [0.15, 0.2) is 6.23 Å². The van der Waals surface area contributed by atoms with Crippen LogP contribution >= 0.6 is 15.9 Å². The zero-order chi connectivity index (χ0) is 25.4. The van der Waals surface area contributed by atoms with E-state index < -0.39 is 25.1 Å². The first-order valence-electron chi connectivity index (χ1n) is 12.4. The van der Waals surface area contributed by atoms with Crippen LogP contribution in [0.2, 0.25) is 0 Å². The van der Waals surface area contributed by atoms with Crippen molar-refractivity contribution in [2.24, 2.45) is 0 Å². The molecule has 0 spiro atoms. The van der Waals surface area contributed by atoms with Gasteiger partial charge in [-0.1, -0.05) is 28.1 Å². The lowest BCUT2D eigenvalue weighted by Crippen LogP contribution is -2.49. The highest BCUT2D eigenvalue weighted by atomic mass is 79.9. The molecule has 3 heterocycles. The molecule has 2 aliphatic rings. The van der Waals surface area contributed by atoms with Crippen LogP contribution in [0.4, 0.5) is 8.78 Å². The van der Waals surface area contributed by atoms with Gasteiger partial charge in [-0.15, -0.1) is 0 Å². The van der Waals surface area contributed by atoms with Crippen LogP contribution in [0, 0.1) is 0 Å². The van der Waals surface area contributed by atoms with E-state index in [1.165, 1.54) is 7.11 Å². The molecule has 2 aliphatic heterocycles. The number of hydrogen-bond donors (Lipinski definition) is 0. The minimum Gasteiger partial charge on any atom is -0.496 e. The minimum atomic E-state index is -2.99. The van der Waals surface area contributed by atoms with Crippen molar-refractivity contribution in [3.63, 3.8) is 0 Å². The van der Waals surface area contributed by atoms with Crippen molar-refractivity contribution in [2.75, 3.05) is 34.0 Å². The molecule has 0 bridgehead atoms. The van der Waals surface area contributed by atoms with E-state index in [1.54, 1.807) is 7.11 Å². The number of alkyl halides is 2. The lowest BCUT2D eigenvalue weighted by atomic mass is 9.83. The van der Waals surface area contributed by atoms with Crippen molar-refractivity contribution >= 4 is 26.8 Å². The Morgan fingerprint density at radius 1 is 1.17 bits per heavy atom. The number of rotatable bonds is 7. The Balaban J connectivity index is 1.65. The molecule has 6 nitrogen and oxygen atoms in total. The Bertz CT molecular complexity index is 1230. The van der Waals surface area contributed by atoms with Crippen LogP contribution in [0.25, 0.3) is 10.9 Å². The van der Waals surface area contributed by atoms with E-state index in [-0.39, 0.29) is 12.3 Å². The molecule has 1 fully saturated rings. The minimum absolute atomic E-state index is 0.0677. The number of ether oxygens (including phenoxy) is 3. The van der Waals surface area contributed by atoms with E-state index in [9.17, 15) is 8.78 Å². The summed E-state index contributed by atoms with van der Waals surface area (Å²) in [6.07, 6.45) is 5.60. The number of fused-ring (bicyclic) bond motifs is 3. The van der Waals surface area contributed by atoms with E-state index in [4.69, 9.17) is 19.3 Å². The van der Waals surface area contributed by atoms with Gasteiger partial charge >= 0.3 is 0 Å². The molecular weight excluding hydrogens is 532 g/mol. The third kappa shape index (κ3) is 4.78. The maximum absolute atomic E-state index is 14.9. The van der Waals surface area contributed by atoms with Crippen molar-refractivity contribution in [2.45, 2.75) is 56.8 Å². The Kier molecular flexibility index (Phi) is 7.36. The third-order valence-electron chi connectivity index (χ3n) is 7.31. The standard InChI is InChI=1S/C27H32BrF2N3O3/c1-17-12-21-19(9-10-23-22(21)14-31-33(23)25-6-4-5-11-36-25)26(32(17)15-27(29,30)16-34-2)20-8-7-18(28)13-24(20)35-3/h7-10,13-14,17,25-26H,4-6,11-12,15-16H2,1-3H3/t17-,25?,26+/m1/s1. The molecule has 0 N–H and O–H groups in total. The highest BCUT2D eigenvalue weighted by Crippen LogP contribution is 2.45. The molecule has 1 saturated heterocycles. The van der Waals surface area contributed by atoms with Crippen LogP contribution in [-0.2, 0) is 15.9 Å². The average molecular weight is 564 g/mol. The van der Waals surface area contributed by atoms with Crippen LogP contribution < -0.4 is 4.74 Å². The van der Waals surface area contributed by atoms with Crippen LogP contribution in [0.15, 0.2) is 41.0 Å². The molecule has 0 aliphatic carbocycles. The summed E-state index contributed by atoms with van der Waals surface area (Å²) in [4.78, 5) is 1.88. The molecular formula is C27H32BrF2N3O3. The first-order valence-corrected chi connectivity index (χ1v) is 13.2. The maximum Gasteiger partial charge on any atom is 0.283 e. The van der Waals surface area contributed by atoms with Gasteiger partial charge in [0, 0.05) is 35.2 Å². The van der Waals surface area contributed by atoms with Gasteiger partial charge in [-0.05, 0) is 61.9 Å². The SMILES string of the molecule is COCC(F)(F)CN1[C@H](c2ccc(Br)cc2OC)c2ccc3c(cnn3C3CCCCO3)c2C[C@H]1C. The van der Waals surface area contributed by atoms with Gasteiger partial charge in [0.05, 0.1) is 31.4 Å². The molecule has 3 atom stereocenters. The summed E-state index contributed by atoms with van der Waals surface area (Å²) in [5.41, 5.74) is 4.01. The number of hydrogen-bond acceptors (Lipinski definition) is 5. The maximum atomic E-state index is 14.9. The zero-order valence-electron chi connectivity index (χ0n) is 20.8. The predicted octanol–water partition coefficient (Wildman–Crippen LogP) is 6.12. The van der Waals surface area contributed by atoms with Gasteiger partial charge in [0.1, 0.15) is 12.4 Å². The zero-order valence-corrected chi connectivity index (χ0v) is 22.4. The molecule has 36 heavy (non-hydrogen) atoms. The fraction of sp³-hybridized carbons (Fsp3) is 0.519. The summed E-state index contributed by atoms with van der Waals surface area (Å²) in [5.74, 6) is -2.34. The second-order valence-electron chi connectivity index (χ2n) is 9.78. The Hall–Kier alpha value is -2.07. The van der Waals surface area contributed by atoms with Gasteiger partial charge < -0.3 is 14.2 Å². The van der Waals surface area contributed by atoms with E-state index in [2.05, 4.69) is 28.1 Å². The number of halogens is 3. The van der Waals surface area contributed by atoms with Crippen molar-refractivity contribution in [1.82, 2.24) is 14.7 Å². The number of methoxy groups -OCH3 is 2. The summed E-state index contributed by atoms with van der Waals surface area (Å²) >= 11 is 3.51. The molecule has 0 amide bonds. The molecule has 5 rings (SSSR count). The van der Waals surface area contributed by atoms with Crippen LogP contribution in [0.3, 0.4) is 0 Å². The summed E-state index contributed by atoms with van der Waals surface area (Å²) < 4.78 is 49.3. The second-order valence-corrected chi connectivity index (χ2v) is 10.7. The molecule has 0 radical (unpaired) electrons. The van der Waals surface area contributed by atoms with Gasteiger partial charge in [0.25, 0.3) is 5.92 Å².